The zero-order valence-corrected chi connectivity index (χ0v) is 13.5. The molecule has 0 amide bonds. The van der Waals surface area contributed by atoms with Crippen molar-refractivity contribution in [3.8, 4) is 0 Å². The molecule has 100 valence electrons. The molecule has 0 aromatic heterocycles. The van der Waals surface area contributed by atoms with Crippen molar-refractivity contribution in [1.29, 1.82) is 0 Å². The van der Waals surface area contributed by atoms with Gasteiger partial charge < -0.3 is 4.90 Å². The molecule has 1 aromatic carbocycles. The normalized spacial score (nSPS) is 18.8. The van der Waals surface area contributed by atoms with Gasteiger partial charge >= 0.3 is 0 Å². The molecule has 0 spiro atoms. The Hall–Kier alpha value is -0.0900. The molecule has 2 rings (SSSR count). The van der Waals surface area contributed by atoms with Gasteiger partial charge in [0.1, 0.15) is 0 Å². The molecule has 1 aliphatic heterocycles. The van der Waals surface area contributed by atoms with Crippen LogP contribution in [0.3, 0.4) is 0 Å². The maximum atomic E-state index is 2.73. The first-order chi connectivity index (χ1) is 8.81. The van der Waals surface area contributed by atoms with Crippen molar-refractivity contribution in [3.05, 3.63) is 33.4 Å². The summed E-state index contributed by atoms with van der Waals surface area (Å²) < 4.78 is 1.42. The van der Waals surface area contributed by atoms with E-state index in [0.717, 1.165) is 6.04 Å². The highest BCUT2D eigenvalue weighted by atomic mass is 127. The van der Waals surface area contributed by atoms with Crippen LogP contribution in [0.4, 0.5) is 0 Å². The molecule has 1 heterocycles. The van der Waals surface area contributed by atoms with Crippen LogP contribution >= 0.6 is 22.6 Å². The Bertz CT molecular complexity index is 358. The van der Waals surface area contributed by atoms with Gasteiger partial charge in [-0.25, -0.2) is 0 Å². The van der Waals surface area contributed by atoms with Gasteiger partial charge in [0.05, 0.1) is 0 Å². The third kappa shape index (κ3) is 3.95. The summed E-state index contributed by atoms with van der Waals surface area (Å²) in [4.78, 5) is 2.73. The molecule has 0 saturated carbocycles. The third-order valence-corrected chi connectivity index (χ3v) is 4.99. The van der Waals surface area contributed by atoms with Crippen LogP contribution in [0, 0.1) is 3.57 Å². The van der Waals surface area contributed by atoms with Crippen molar-refractivity contribution in [3.63, 3.8) is 0 Å². The fourth-order valence-electron chi connectivity index (χ4n) is 2.95. The second-order valence-electron chi connectivity index (χ2n) is 5.33. The summed E-state index contributed by atoms with van der Waals surface area (Å²) in [6.07, 6.45) is 8.08. The predicted molar refractivity (Wildman–Crippen MR) is 87.0 cm³/mol. The molecule has 1 nitrogen and oxygen atoms in total. The van der Waals surface area contributed by atoms with Crippen LogP contribution in [-0.2, 0) is 6.42 Å². The molecule has 1 aromatic rings. The van der Waals surface area contributed by atoms with Crippen LogP contribution in [0.25, 0.3) is 0 Å². The maximum absolute atomic E-state index is 2.73. The lowest BCUT2D eigenvalue weighted by Gasteiger charge is -2.35. The molecule has 0 bridgehead atoms. The van der Waals surface area contributed by atoms with Crippen LogP contribution in [0.1, 0.15) is 44.6 Å². The largest absolute Gasteiger partial charge is 0.300 e. The van der Waals surface area contributed by atoms with E-state index in [9.17, 15) is 0 Å². The summed E-state index contributed by atoms with van der Waals surface area (Å²) in [7, 11) is 0. The van der Waals surface area contributed by atoms with Gasteiger partial charge in [-0.1, -0.05) is 38.0 Å². The number of piperidine rings is 1. The first kappa shape index (κ1) is 14.3. The summed E-state index contributed by atoms with van der Waals surface area (Å²) in [5.41, 5.74) is 1.53. The first-order valence-corrected chi connectivity index (χ1v) is 8.36. The van der Waals surface area contributed by atoms with Crippen molar-refractivity contribution in [2.45, 2.75) is 51.5 Å². The van der Waals surface area contributed by atoms with Crippen molar-refractivity contribution in [1.82, 2.24) is 4.90 Å². The van der Waals surface area contributed by atoms with Crippen molar-refractivity contribution in [2.24, 2.45) is 0 Å². The van der Waals surface area contributed by atoms with Gasteiger partial charge in [0.25, 0.3) is 0 Å². The monoisotopic (exact) mass is 357 g/mol. The van der Waals surface area contributed by atoms with Gasteiger partial charge in [-0.05, 0) is 73.0 Å². The lowest BCUT2D eigenvalue weighted by molar-refractivity contribution is 0.153. The summed E-state index contributed by atoms with van der Waals surface area (Å²) in [5, 5.41) is 0. The number of rotatable bonds is 5. The highest BCUT2D eigenvalue weighted by Gasteiger charge is 2.20. The molecule has 1 aliphatic rings. The third-order valence-electron chi connectivity index (χ3n) is 3.94. The van der Waals surface area contributed by atoms with E-state index in [4.69, 9.17) is 0 Å². The predicted octanol–water partition coefficient (Wildman–Crippen LogP) is 4.49. The minimum atomic E-state index is 0.756. The minimum Gasteiger partial charge on any atom is -0.300 e. The summed E-state index contributed by atoms with van der Waals surface area (Å²) in [5.74, 6) is 0. The smallest absolute Gasteiger partial charge is 0.0162 e. The van der Waals surface area contributed by atoms with Crippen molar-refractivity contribution < 1.29 is 0 Å². The van der Waals surface area contributed by atoms with Gasteiger partial charge in [0, 0.05) is 9.61 Å². The molecule has 0 aliphatic carbocycles. The molecule has 0 radical (unpaired) electrons. The van der Waals surface area contributed by atoms with Gasteiger partial charge in [-0.3, -0.25) is 0 Å². The SMILES string of the molecule is CCCC(Cc1ccccc1I)N1CCCCC1. The number of hydrogen-bond acceptors (Lipinski definition) is 1. The molecule has 18 heavy (non-hydrogen) atoms. The lowest BCUT2D eigenvalue weighted by atomic mass is 9.98. The van der Waals surface area contributed by atoms with E-state index < -0.39 is 0 Å². The van der Waals surface area contributed by atoms with Gasteiger partial charge in [-0.15, -0.1) is 0 Å². The zero-order chi connectivity index (χ0) is 12.8. The van der Waals surface area contributed by atoms with E-state index >= 15 is 0 Å². The van der Waals surface area contributed by atoms with Crippen LogP contribution in [-0.4, -0.2) is 24.0 Å². The van der Waals surface area contributed by atoms with E-state index in [1.165, 1.54) is 60.7 Å². The van der Waals surface area contributed by atoms with Crippen molar-refractivity contribution in [2.75, 3.05) is 13.1 Å². The molecule has 1 saturated heterocycles. The number of halogens is 1. The number of hydrogen-bond donors (Lipinski definition) is 0. The summed E-state index contributed by atoms with van der Waals surface area (Å²) in [6, 6.07) is 9.60. The molecular weight excluding hydrogens is 333 g/mol. The van der Waals surface area contributed by atoms with Gasteiger partial charge in [0.15, 0.2) is 0 Å². The van der Waals surface area contributed by atoms with Gasteiger partial charge in [-0.2, -0.15) is 0 Å². The standard InChI is InChI=1S/C16H24IN/c1-2-8-15(18-11-6-3-7-12-18)13-14-9-4-5-10-16(14)17/h4-5,9-10,15H,2-3,6-8,11-13H2,1H3. The van der Waals surface area contributed by atoms with Gasteiger partial charge in [0.2, 0.25) is 0 Å². The Balaban J connectivity index is 2.03. The second-order valence-corrected chi connectivity index (χ2v) is 6.50. The second kappa shape index (κ2) is 7.49. The number of nitrogens with zero attached hydrogens (tertiary/aromatic N) is 1. The highest BCUT2D eigenvalue weighted by Crippen LogP contribution is 2.21. The molecular formula is C16H24IN. The molecule has 2 heteroatoms. The molecule has 1 atom stereocenters. The fourth-order valence-corrected chi connectivity index (χ4v) is 3.56. The van der Waals surface area contributed by atoms with Crippen molar-refractivity contribution >= 4 is 22.6 Å². The Kier molecular flexibility index (Phi) is 5.96. The Labute approximate surface area is 125 Å². The van der Waals surface area contributed by atoms with Crippen LogP contribution in [0.15, 0.2) is 24.3 Å². The average molecular weight is 357 g/mol. The van der Waals surface area contributed by atoms with Crippen LogP contribution < -0.4 is 0 Å². The Morgan fingerprint density at radius 2 is 1.89 bits per heavy atom. The summed E-state index contributed by atoms with van der Waals surface area (Å²) >= 11 is 2.47. The summed E-state index contributed by atoms with van der Waals surface area (Å²) in [6.45, 7) is 4.94. The van der Waals surface area contributed by atoms with Crippen LogP contribution in [0.5, 0.6) is 0 Å². The van der Waals surface area contributed by atoms with E-state index in [0.29, 0.717) is 0 Å². The first-order valence-electron chi connectivity index (χ1n) is 7.28. The molecule has 1 unspecified atom stereocenters. The number of benzene rings is 1. The minimum absolute atomic E-state index is 0.756. The van der Waals surface area contributed by atoms with E-state index in [2.05, 4.69) is 58.7 Å². The van der Waals surface area contributed by atoms with Crippen LogP contribution in [0.2, 0.25) is 0 Å². The van der Waals surface area contributed by atoms with E-state index in [-0.39, 0.29) is 0 Å². The topological polar surface area (TPSA) is 3.24 Å². The molecule has 0 N–H and O–H groups in total. The van der Waals surface area contributed by atoms with E-state index in [1.807, 2.05) is 0 Å². The Morgan fingerprint density at radius 1 is 1.17 bits per heavy atom. The quantitative estimate of drug-likeness (QED) is 0.702. The fraction of sp³-hybridized carbons (Fsp3) is 0.625. The zero-order valence-electron chi connectivity index (χ0n) is 11.4. The lowest BCUT2D eigenvalue weighted by Crippen LogP contribution is -2.40. The average Bonchev–Trinajstić information content (AvgIpc) is 2.42. The molecule has 1 fully saturated rings. The number of likely N-dealkylation sites (tertiary alicyclic amines) is 1. The Morgan fingerprint density at radius 3 is 2.56 bits per heavy atom. The maximum Gasteiger partial charge on any atom is 0.0162 e. The highest BCUT2D eigenvalue weighted by molar-refractivity contribution is 14.1. The van der Waals surface area contributed by atoms with E-state index in [1.54, 1.807) is 0 Å².